The van der Waals surface area contributed by atoms with Crippen molar-refractivity contribution in [1.29, 1.82) is 0 Å². The molecular formula is C42H48. The maximum Gasteiger partial charge on any atom is 0.0203 e. The van der Waals surface area contributed by atoms with Gasteiger partial charge < -0.3 is 0 Å². The molecule has 2 atom stereocenters. The SMILES string of the molecule is C=C(CCC)C1=C(C)C=C2CC(=CC3=CC=C(c4ccc(C)cc4C(=C)C)C3)C(=C)C2C1c1cc(CC)ccc1CC. The highest BCUT2D eigenvalue weighted by Gasteiger charge is 2.41. The topological polar surface area (TPSA) is 0 Å². The summed E-state index contributed by atoms with van der Waals surface area (Å²) in [5.74, 6) is 0.573. The number of rotatable bonds is 9. The van der Waals surface area contributed by atoms with E-state index in [0.29, 0.717) is 5.92 Å². The minimum absolute atomic E-state index is 0.279. The number of benzene rings is 2. The van der Waals surface area contributed by atoms with E-state index in [1.165, 1.54) is 78.0 Å². The fourth-order valence-corrected chi connectivity index (χ4v) is 7.43. The van der Waals surface area contributed by atoms with Gasteiger partial charge in [-0.3, -0.25) is 0 Å². The monoisotopic (exact) mass is 552 g/mol. The second-order valence-corrected chi connectivity index (χ2v) is 12.7. The van der Waals surface area contributed by atoms with Crippen LogP contribution in [-0.4, -0.2) is 0 Å². The van der Waals surface area contributed by atoms with E-state index in [0.717, 1.165) is 44.1 Å². The summed E-state index contributed by atoms with van der Waals surface area (Å²) < 4.78 is 0. The minimum Gasteiger partial charge on any atom is -0.0955 e. The van der Waals surface area contributed by atoms with E-state index in [9.17, 15) is 0 Å². The highest BCUT2D eigenvalue weighted by molar-refractivity contribution is 5.82. The van der Waals surface area contributed by atoms with Crippen LogP contribution < -0.4 is 0 Å². The van der Waals surface area contributed by atoms with Crippen molar-refractivity contribution in [2.24, 2.45) is 5.92 Å². The molecule has 42 heavy (non-hydrogen) atoms. The summed E-state index contributed by atoms with van der Waals surface area (Å²) >= 11 is 0. The molecule has 0 radical (unpaired) electrons. The van der Waals surface area contributed by atoms with E-state index in [2.05, 4.69) is 115 Å². The van der Waals surface area contributed by atoms with E-state index < -0.39 is 0 Å². The van der Waals surface area contributed by atoms with Crippen LogP contribution in [-0.2, 0) is 12.8 Å². The molecule has 0 nitrogen and oxygen atoms in total. The summed E-state index contributed by atoms with van der Waals surface area (Å²) in [6, 6.07) is 13.9. The molecule has 1 fully saturated rings. The van der Waals surface area contributed by atoms with Gasteiger partial charge in [0.05, 0.1) is 0 Å². The Morgan fingerprint density at radius 1 is 0.929 bits per heavy atom. The van der Waals surface area contributed by atoms with Crippen LogP contribution in [0, 0.1) is 12.8 Å². The van der Waals surface area contributed by atoms with Gasteiger partial charge in [-0.25, -0.2) is 0 Å². The lowest BCUT2D eigenvalue weighted by Gasteiger charge is -2.36. The highest BCUT2D eigenvalue weighted by atomic mass is 14.4. The summed E-state index contributed by atoms with van der Waals surface area (Å²) in [4.78, 5) is 0. The number of fused-ring (bicyclic) bond motifs is 1. The van der Waals surface area contributed by atoms with E-state index in [1.807, 2.05) is 0 Å². The first-order valence-corrected chi connectivity index (χ1v) is 15.9. The maximum atomic E-state index is 4.81. The Hall–Kier alpha value is -3.64. The standard InChI is InChI=1S/C42H48/c1-10-13-28(7)40-29(8)21-36-25-35(30(9)41(36)42(40)39-24-31(11-2)15-17-33(39)12-3)23-32-16-18-34(22-32)37-19-14-27(6)20-38(37)26(4)5/h14-21,23-24,41-42H,4,7,9-13,22,25H2,1-3,5-6,8H3. The third-order valence-corrected chi connectivity index (χ3v) is 9.55. The van der Waals surface area contributed by atoms with Crippen molar-refractivity contribution in [2.45, 2.75) is 86.0 Å². The predicted molar refractivity (Wildman–Crippen MR) is 185 cm³/mol. The van der Waals surface area contributed by atoms with Crippen molar-refractivity contribution in [1.82, 2.24) is 0 Å². The summed E-state index contributed by atoms with van der Waals surface area (Å²) in [5, 5.41) is 0. The van der Waals surface area contributed by atoms with Gasteiger partial charge in [0, 0.05) is 11.8 Å². The molecule has 0 saturated heterocycles. The van der Waals surface area contributed by atoms with Gasteiger partial charge in [-0.2, -0.15) is 0 Å². The summed E-state index contributed by atoms with van der Waals surface area (Å²) in [5.41, 5.74) is 20.4. The van der Waals surface area contributed by atoms with E-state index in [1.54, 1.807) is 0 Å². The first kappa shape index (κ1) is 29.8. The Balaban J connectivity index is 1.50. The first-order chi connectivity index (χ1) is 20.2. The molecule has 3 aliphatic rings. The van der Waals surface area contributed by atoms with Gasteiger partial charge in [-0.05, 0) is 114 Å². The summed E-state index contributed by atoms with van der Waals surface area (Å²) in [7, 11) is 0. The first-order valence-electron chi connectivity index (χ1n) is 15.9. The average molecular weight is 553 g/mol. The number of allylic oxidation sites excluding steroid dienone is 13. The Labute approximate surface area is 255 Å². The molecular weight excluding hydrogens is 504 g/mol. The molecule has 3 aliphatic carbocycles. The smallest absolute Gasteiger partial charge is 0.0203 e. The van der Waals surface area contributed by atoms with Crippen molar-refractivity contribution in [3.05, 3.63) is 153 Å². The molecule has 2 unspecified atom stereocenters. The Bertz CT molecular complexity index is 1620. The highest BCUT2D eigenvalue weighted by Crippen LogP contribution is 2.56. The van der Waals surface area contributed by atoms with Gasteiger partial charge in [0.1, 0.15) is 0 Å². The summed E-state index contributed by atoms with van der Waals surface area (Å²) in [6.45, 7) is 27.1. The fourth-order valence-electron chi connectivity index (χ4n) is 7.43. The third kappa shape index (κ3) is 5.57. The summed E-state index contributed by atoms with van der Waals surface area (Å²) in [6.07, 6.45) is 15.7. The molecule has 0 spiro atoms. The predicted octanol–water partition coefficient (Wildman–Crippen LogP) is 11.8. The van der Waals surface area contributed by atoms with Gasteiger partial charge in [-0.1, -0.05) is 130 Å². The lowest BCUT2D eigenvalue weighted by Crippen LogP contribution is -2.22. The normalized spacial score (nSPS) is 21.0. The average Bonchev–Trinajstić information content (AvgIpc) is 3.55. The van der Waals surface area contributed by atoms with Crippen LogP contribution >= 0.6 is 0 Å². The molecule has 0 heterocycles. The number of hydrogen-bond acceptors (Lipinski definition) is 0. The minimum atomic E-state index is 0.279. The zero-order chi connectivity index (χ0) is 30.1. The van der Waals surface area contributed by atoms with Crippen molar-refractivity contribution in [3.63, 3.8) is 0 Å². The number of aryl methyl sites for hydroxylation is 3. The van der Waals surface area contributed by atoms with Gasteiger partial charge in [-0.15, -0.1) is 0 Å². The van der Waals surface area contributed by atoms with Gasteiger partial charge in [0.2, 0.25) is 0 Å². The van der Waals surface area contributed by atoms with Gasteiger partial charge >= 0.3 is 0 Å². The van der Waals surface area contributed by atoms with E-state index >= 15 is 0 Å². The van der Waals surface area contributed by atoms with Crippen LogP contribution in [0.15, 0.2) is 119 Å². The molecule has 2 aromatic rings. The Morgan fingerprint density at radius 3 is 2.40 bits per heavy atom. The lowest BCUT2D eigenvalue weighted by atomic mass is 9.68. The van der Waals surface area contributed by atoms with Gasteiger partial charge in [0.25, 0.3) is 0 Å². The third-order valence-electron chi connectivity index (χ3n) is 9.55. The molecule has 0 aromatic heterocycles. The second kappa shape index (κ2) is 12.3. The van der Waals surface area contributed by atoms with Crippen molar-refractivity contribution < 1.29 is 0 Å². The van der Waals surface area contributed by atoms with E-state index in [4.69, 9.17) is 6.58 Å². The maximum absolute atomic E-state index is 4.81. The molecule has 0 heteroatoms. The molecule has 0 aliphatic heterocycles. The van der Waals surface area contributed by atoms with Gasteiger partial charge in [0.15, 0.2) is 0 Å². The van der Waals surface area contributed by atoms with Crippen molar-refractivity contribution in [2.75, 3.05) is 0 Å². The molecule has 2 aromatic carbocycles. The Kier molecular flexibility index (Phi) is 8.74. The lowest BCUT2D eigenvalue weighted by molar-refractivity contribution is 0.613. The van der Waals surface area contributed by atoms with E-state index in [-0.39, 0.29) is 5.92 Å². The van der Waals surface area contributed by atoms with Crippen molar-refractivity contribution in [3.8, 4) is 0 Å². The fraction of sp³-hybridized carbons (Fsp3) is 0.333. The zero-order valence-electron chi connectivity index (χ0n) is 26.8. The molecule has 1 saturated carbocycles. The van der Waals surface area contributed by atoms with Crippen molar-refractivity contribution >= 4 is 11.1 Å². The van der Waals surface area contributed by atoms with Crippen LogP contribution in [0.3, 0.4) is 0 Å². The zero-order valence-corrected chi connectivity index (χ0v) is 26.8. The van der Waals surface area contributed by atoms with Crippen LogP contribution in [0.2, 0.25) is 0 Å². The van der Waals surface area contributed by atoms with Crippen LogP contribution in [0.1, 0.15) is 99.6 Å². The molecule has 0 N–H and O–H groups in total. The van der Waals surface area contributed by atoms with Crippen LogP contribution in [0.5, 0.6) is 0 Å². The largest absolute Gasteiger partial charge is 0.0955 e. The molecule has 0 amide bonds. The second-order valence-electron chi connectivity index (χ2n) is 12.7. The number of hydrogen-bond donors (Lipinski definition) is 0. The molecule has 0 bridgehead atoms. The quantitative estimate of drug-likeness (QED) is 0.290. The molecule has 5 rings (SSSR count). The molecule has 216 valence electrons. The Morgan fingerprint density at radius 2 is 1.71 bits per heavy atom. The van der Waals surface area contributed by atoms with Crippen LogP contribution in [0.25, 0.3) is 11.1 Å². The van der Waals surface area contributed by atoms with Crippen LogP contribution in [0.4, 0.5) is 0 Å².